The molecule has 0 bridgehead atoms. The van der Waals surface area contributed by atoms with Crippen molar-refractivity contribution in [3.8, 4) is 6.07 Å². The molecule has 0 spiro atoms. The molecule has 0 aliphatic rings. The third-order valence-corrected chi connectivity index (χ3v) is 2.13. The first-order valence-electron chi connectivity index (χ1n) is 5.12. The second kappa shape index (κ2) is 5.95. The van der Waals surface area contributed by atoms with Gasteiger partial charge in [-0.05, 0) is 18.2 Å². The summed E-state index contributed by atoms with van der Waals surface area (Å²) in [5.74, 6) is 0. The van der Waals surface area contributed by atoms with Crippen LogP contribution in [0, 0.1) is 11.3 Å². The van der Waals surface area contributed by atoms with Crippen LogP contribution in [-0.2, 0) is 10.9 Å². The Hall–Kier alpha value is -2.43. The summed E-state index contributed by atoms with van der Waals surface area (Å²) in [4.78, 5) is 10.3. The second-order valence-electron chi connectivity index (χ2n) is 3.46. The third-order valence-electron chi connectivity index (χ3n) is 2.13. The van der Waals surface area contributed by atoms with E-state index in [0.29, 0.717) is 0 Å². The highest BCUT2D eigenvalue weighted by Gasteiger charge is 2.30. The van der Waals surface area contributed by atoms with E-state index < -0.39 is 17.8 Å². The fraction of sp³-hybridized carbons (Fsp3) is 0.273. The number of nitrogens with two attached hydrogens (primary N) is 1. The van der Waals surface area contributed by atoms with Gasteiger partial charge in [0.05, 0.1) is 16.8 Å². The number of rotatable bonds is 4. The molecule has 0 saturated carbocycles. The predicted molar refractivity (Wildman–Crippen MR) is 60.2 cm³/mol. The van der Waals surface area contributed by atoms with Crippen LogP contribution in [-0.4, -0.2) is 19.2 Å². The molecule has 5 nitrogen and oxygen atoms in total. The van der Waals surface area contributed by atoms with E-state index in [9.17, 15) is 18.0 Å². The molecular formula is C11H10F3N3O2. The van der Waals surface area contributed by atoms with E-state index in [4.69, 9.17) is 11.0 Å². The Labute approximate surface area is 106 Å². The first-order valence-corrected chi connectivity index (χ1v) is 5.12. The van der Waals surface area contributed by atoms with Crippen molar-refractivity contribution in [3.63, 3.8) is 0 Å². The summed E-state index contributed by atoms with van der Waals surface area (Å²) in [7, 11) is 0. The number of nitrogens with zero attached hydrogens (tertiary/aromatic N) is 1. The molecule has 0 radical (unpaired) electrons. The number of halogens is 3. The van der Waals surface area contributed by atoms with Crippen LogP contribution < -0.4 is 11.1 Å². The Balaban J connectivity index is 2.75. The first-order chi connectivity index (χ1) is 8.84. The van der Waals surface area contributed by atoms with Crippen molar-refractivity contribution >= 4 is 11.8 Å². The van der Waals surface area contributed by atoms with Crippen molar-refractivity contribution in [1.29, 1.82) is 5.26 Å². The minimum Gasteiger partial charge on any atom is -0.448 e. The number of anilines is 1. The van der Waals surface area contributed by atoms with Crippen LogP contribution in [0.25, 0.3) is 0 Å². The fourth-order valence-corrected chi connectivity index (χ4v) is 1.30. The normalized spacial score (nSPS) is 10.6. The number of carbonyl (C=O) groups excluding carboxylic acids is 1. The number of hydrogen-bond acceptors (Lipinski definition) is 4. The summed E-state index contributed by atoms with van der Waals surface area (Å²) in [6.07, 6.45) is -5.45. The molecule has 0 fully saturated rings. The number of carbonyl (C=O) groups is 1. The molecular weight excluding hydrogens is 263 g/mol. The monoisotopic (exact) mass is 273 g/mol. The molecule has 0 aromatic heterocycles. The van der Waals surface area contributed by atoms with Gasteiger partial charge in [-0.15, -0.1) is 0 Å². The molecule has 1 aromatic carbocycles. The van der Waals surface area contributed by atoms with Crippen molar-refractivity contribution in [3.05, 3.63) is 29.3 Å². The number of benzene rings is 1. The molecule has 0 atom stereocenters. The minimum absolute atomic E-state index is 0.0543. The van der Waals surface area contributed by atoms with E-state index in [1.807, 2.05) is 0 Å². The lowest BCUT2D eigenvalue weighted by Crippen LogP contribution is -2.18. The Morgan fingerprint density at radius 3 is 2.68 bits per heavy atom. The summed E-state index contributed by atoms with van der Waals surface area (Å²) in [6.45, 7) is 0.0736. The maximum absolute atomic E-state index is 12.4. The van der Waals surface area contributed by atoms with Gasteiger partial charge in [0.15, 0.2) is 0 Å². The van der Waals surface area contributed by atoms with E-state index in [1.54, 1.807) is 6.07 Å². The van der Waals surface area contributed by atoms with Gasteiger partial charge in [-0.3, -0.25) is 0 Å². The molecule has 3 N–H and O–H groups in total. The van der Waals surface area contributed by atoms with Gasteiger partial charge in [-0.25, -0.2) is 4.79 Å². The highest BCUT2D eigenvalue weighted by atomic mass is 19.4. The quantitative estimate of drug-likeness (QED) is 0.822. The average Bonchev–Trinajstić information content (AvgIpc) is 2.33. The second-order valence-corrected chi connectivity index (χ2v) is 3.46. The van der Waals surface area contributed by atoms with Crippen molar-refractivity contribution in [2.75, 3.05) is 18.5 Å². The molecule has 102 valence electrons. The standard InChI is InChI=1S/C11H10F3N3O2/c12-11(13,14)8-1-2-9(7(5-8)6-15)17-3-4-19-10(16)18/h1-2,5,17H,3-4H2,(H2,16,18). The SMILES string of the molecule is N#Cc1cc(C(F)(F)F)ccc1NCCOC(N)=O. The Morgan fingerprint density at radius 2 is 2.16 bits per heavy atom. The summed E-state index contributed by atoms with van der Waals surface area (Å²) < 4.78 is 41.7. The zero-order valence-electron chi connectivity index (χ0n) is 9.62. The van der Waals surface area contributed by atoms with Gasteiger partial charge in [-0.2, -0.15) is 18.4 Å². The lowest BCUT2D eigenvalue weighted by atomic mass is 10.1. The van der Waals surface area contributed by atoms with Crippen molar-refractivity contribution < 1.29 is 22.7 Å². The average molecular weight is 273 g/mol. The van der Waals surface area contributed by atoms with Crippen LogP contribution in [0.15, 0.2) is 18.2 Å². The lowest BCUT2D eigenvalue weighted by Gasteiger charge is -2.11. The number of ether oxygens (including phenoxy) is 1. The molecule has 1 amide bonds. The largest absolute Gasteiger partial charge is 0.448 e. The first kappa shape index (κ1) is 14.6. The van der Waals surface area contributed by atoms with Gasteiger partial charge < -0.3 is 15.8 Å². The van der Waals surface area contributed by atoms with Crippen molar-refractivity contribution in [1.82, 2.24) is 0 Å². The van der Waals surface area contributed by atoms with E-state index >= 15 is 0 Å². The molecule has 0 aliphatic carbocycles. The maximum Gasteiger partial charge on any atom is 0.416 e. The Morgan fingerprint density at radius 1 is 1.47 bits per heavy atom. The highest BCUT2D eigenvalue weighted by molar-refractivity contribution is 5.64. The number of nitrogens with one attached hydrogen (secondary N) is 1. The van der Waals surface area contributed by atoms with Crippen molar-refractivity contribution in [2.24, 2.45) is 5.73 Å². The summed E-state index contributed by atoms with van der Waals surface area (Å²) >= 11 is 0. The highest BCUT2D eigenvalue weighted by Crippen LogP contribution is 2.31. The van der Waals surface area contributed by atoms with E-state index in [1.165, 1.54) is 0 Å². The van der Waals surface area contributed by atoms with Crippen LogP contribution >= 0.6 is 0 Å². The maximum atomic E-state index is 12.4. The molecule has 0 heterocycles. The van der Waals surface area contributed by atoms with Crippen LogP contribution in [0.2, 0.25) is 0 Å². The summed E-state index contributed by atoms with van der Waals surface area (Å²) in [6, 6.07) is 4.41. The molecule has 1 rings (SSSR count). The minimum atomic E-state index is -4.50. The number of hydrogen-bond donors (Lipinski definition) is 2. The van der Waals surface area contributed by atoms with Gasteiger partial charge in [0.25, 0.3) is 0 Å². The molecule has 0 unspecified atom stereocenters. The number of primary amides is 1. The van der Waals surface area contributed by atoms with E-state index in [0.717, 1.165) is 18.2 Å². The lowest BCUT2D eigenvalue weighted by molar-refractivity contribution is -0.137. The van der Waals surface area contributed by atoms with Crippen LogP contribution in [0.5, 0.6) is 0 Å². The Kier molecular flexibility index (Phi) is 4.58. The van der Waals surface area contributed by atoms with Gasteiger partial charge in [0.2, 0.25) is 0 Å². The molecule has 0 aliphatic heterocycles. The zero-order valence-corrected chi connectivity index (χ0v) is 9.62. The molecule has 8 heteroatoms. The van der Waals surface area contributed by atoms with Gasteiger partial charge in [0.1, 0.15) is 12.7 Å². The number of alkyl halides is 3. The van der Waals surface area contributed by atoms with Gasteiger partial charge in [-0.1, -0.05) is 0 Å². The fourth-order valence-electron chi connectivity index (χ4n) is 1.30. The zero-order chi connectivity index (χ0) is 14.5. The predicted octanol–water partition coefficient (Wildman–Crippen LogP) is 2.08. The molecule has 0 saturated heterocycles. The van der Waals surface area contributed by atoms with E-state index in [2.05, 4.69) is 10.1 Å². The van der Waals surface area contributed by atoms with Crippen LogP contribution in [0.4, 0.5) is 23.7 Å². The topological polar surface area (TPSA) is 88.1 Å². The van der Waals surface area contributed by atoms with Crippen LogP contribution in [0.1, 0.15) is 11.1 Å². The summed E-state index contributed by atoms with van der Waals surface area (Å²) in [5.41, 5.74) is 3.91. The summed E-state index contributed by atoms with van der Waals surface area (Å²) in [5, 5.41) is 11.5. The van der Waals surface area contributed by atoms with Gasteiger partial charge >= 0.3 is 12.3 Å². The van der Waals surface area contributed by atoms with Crippen molar-refractivity contribution in [2.45, 2.75) is 6.18 Å². The molecule has 19 heavy (non-hydrogen) atoms. The van der Waals surface area contributed by atoms with Gasteiger partial charge in [0, 0.05) is 6.54 Å². The number of amides is 1. The molecule has 1 aromatic rings. The number of nitriles is 1. The van der Waals surface area contributed by atoms with Crippen LogP contribution in [0.3, 0.4) is 0 Å². The Bertz CT molecular complexity index is 509. The smallest absolute Gasteiger partial charge is 0.416 e. The van der Waals surface area contributed by atoms with E-state index in [-0.39, 0.29) is 24.4 Å². The third kappa shape index (κ3) is 4.39.